The molecule has 1 aromatic carbocycles. The zero-order valence-electron chi connectivity index (χ0n) is 15.0. The lowest BCUT2D eigenvalue weighted by molar-refractivity contribution is 0.122. The predicted octanol–water partition coefficient (Wildman–Crippen LogP) is 3.90. The van der Waals surface area contributed by atoms with Crippen LogP contribution in [0.2, 0.25) is 0 Å². The van der Waals surface area contributed by atoms with Gasteiger partial charge in [0, 0.05) is 56.1 Å². The van der Waals surface area contributed by atoms with Crippen molar-refractivity contribution < 1.29 is 0 Å². The van der Waals surface area contributed by atoms with Crippen LogP contribution in [0.1, 0.15) is 24.0 Å². The SMILES string of the molecule is CSc1ccccc1CN1CC2CCC1CN(Cc1cccnc1)C2. The van der Waals surface area contributed by atoms with Gasteiger partial charge in [-0.3, -0.25) is 14.8 Å². The normalized spacial score (nSPS) is 24.4. The minimum absolute atomic E-state index is 0.685. The Hall–Kier alpha value is -1.36. The molecule has 2 atom stereocenters. The molecule has 132 valence electrons. The molecule has 3 nitrogen and oxygen atoms in total. The van der Waals surface area contributed by atoms with E-state index in [-0.39, 0.29) is 0 Å². The summed E-state index contributed by atoms with van der Waals surface area (Å²) in [6.07, 6.45) is 8.79. The van der Waals surface area contributed by atoms with Gasteiger partial charge in [-0.05, 0) is 48.3 Å². The number of hydrogen-bond acceptors (Lipinski definition) is 4. The van der Waals surface area contributed by atoms with Crippen LogP contribution in [0.25, 0.3) is 0 Å². The average Bonchev–Trinajstić information content (AvgIpc) is 2.93. The van der Waals surface area contributed by atoms with E-state index in [1.54, 1.807) is 0 Å². The van der Waals surface area contributed by atoms with Crippen LogP contribution in [0.4, 0.5) is 0 Å². The van der Waals surface area contributed by atoms with Crippen molar-refractivity contribution in [1.82, 2.24) is 14.8 Å². The molecule has 5 rings (SSSR count). The summed E-state index contributed by atoms with van der Waals surface area (Å²) in [5.41, 5.74) is 2.82. The van der Waals surface area contributed by atoms with E-state index in [0.29, 0.717) is 6.04 Å². The number of thioether (sulfide) groups is 1. The van der Waals surface area contributed by atoms with Gasteiger partial charge >= 0.3 is 0 Å². The van der Waals surface area contributed by atoms with Crippen molar-refractivity contribution in [3.05, 3.63) is 59.9 Å². The molecule has 1 aromatic heterocycles. The van der Waals surface area contributed by atoms with Crippen LogP contribution in [0.5, 0.6) is 0 Å². The van der Waals surface area contributed by atoms with Gasteiger partial charge in [0.25, 0.3) is 0 Å². The van der Waals surface area contributed by atoms with E-state index in [2.05, 4.69) is 51.4 Å². The highest BCUT2D eigenvalue weighted by molar-refractivity contribution is 7.98. The van der Waals surface area contributed by atoms with E-state index in [4.69, 9.17) is 0 Å². The van der Waals surface area contributed by atoms with Gasteiger partial charge in [0.2, 0.25) is 0 Å². The predicted molar refractivity (Wildman–Crippen MR) is 105 cm³/mol. The summed E-state index contributed by atoms with van der Waals surface area (Å²) in [5, 5.41) is 0. The van der Waals surface area contributed by atoms with E-state index in [1.165, 1.54) is 48.5 Å². The topological polar surface area (TPSA) is 19.4 Å². The highest BCUT2D eigenvalue weighted by atomic mass is 32.2. The van der Waals surface area contributed by atoms with Gasteiger partial charge in [-0.15, -0.1) is 11.8 Å². The number of benzene rings is 1. The molecule has 0 aliphatic carbocycles. The van der Waals surface area contributed by atoms with Crippen molar-refractivity contribution in [3.63, 3.8) is 0 Å². The van der Waals surface area contributed by atoms with Crippen molar-refractivity contribution in [3.8, 4) is 0 Å². The summed E-state index contributed by atoms with van der Waals surface area (Å²) in [4.78, 5) is 11.1. The average molecular weight is 354 g/mol. The minimum Gasteiger partial charge on any atom is -0.297 e. The Labute approximate surface area is 155 Å². The van der Waals surface area contributed by atoms with Crippen LogP contribution in [-0.2, 0) is 13.1 Å². The molecule has 0 saturated carbocycles. The summed E-state index contributed by atoms with van der Waals surface area (Å²) in [5.74, 6) is 0.803. The second-order valence-electron chi connectivity index (χ2n) is 7.39. The summed E-state index contributed by atoms with van der Waals surface area (Å²) in [6.45, 7) is 5.80. The largest absolute Gasteiger partial charge is 0.297 e. The molecule has 3 saturated heterocycles. The second-order valence-corrected chi connectivity index (χ2v) is 8.24. The summed E-state index contributed by atoms with van der Waals surface area (Å²) >= 11 is 1.87. The summed E-state index contributed by atoms with van der Waals surface area (Å²) < 4.78 is 0. The van der Waals surface area contributed by atoms with Crippen LogP contribution in [0.15, 0.2) is 53.7 Å². The standard InChI is InChI=1S/C21H27N3S/c1-25-21-7-3-2-6-19(21)15-24-14-18-8-9-20(24)16-23(13-18)12-17-5-4-10-22-11-17/h2-7,10-11,18,20H,8-9,12-16H2,1H3. The van der Waals surface area contributed by atoms with E-state index in [1.807, 2.05) is 30.2 Å². The van der Waals surface area contributed by atoms with Gasteiger partial charge in [0.1, 0.15) is 0 Å². The maximum atomic E-state index is 4.28. The van der Waals surface area contributed by atoms with E-state index in [0.717, 1.165) is 19.0 Å². The Morgan fingerprint density at radius 2 is 1.96 bits per heavy atom. The fourth-order valence-corrected chi connectivity index (χ4v) is 5.01. The van der Waals surface area contributed by atoms with Crippen molar-refractivity contribution in [2.75, 3.05) is 25.9 Å². The monoisotopic (exact) mass is 353 g/mol. The number of pyridine rings is 1. The molecular formula is C21H27N3S. The van der Waals surface area contributed by atoms with Crippen LogP contribution in [-0.4, -0.2) is 46.7 Å². The molecular weight excluding hydrogens is 326 g/mol. The summed E-state index contributed by atoms with van der Waals surface area (Å²) in [7, 11) is 0. The fraction of sp³-hybridized carbons (Fsp3) is 0.476. The smallest absolute Gasteiger partial charge is 0.0312 e. The first-order valence-electron chi connectivity index (χ1n) is 9.29. The lowest BCUT2D eigenvalue weighted by Crippen LogP contribution is -2.43. The van der Waals surface area contributed by atoms with Gasteiger partial charge < -0.3 is 0 Å². The molecule has 4 heterocycles. The Kier molecular flexibility index (Phi) is 5.39. The molecule has 3 fully saturated rings. The van der Waals surface area contributed by atoms with Crippen LogP contribution in [0.3, 0.4) is 0 Å². The minimum atomic E-state index is 0.685. The number of hydrogen-bond donors (Lipinski definition) is 0. The number of rotatable bonds is 5. The molecule has 0 N–H and O–H groups in total. The van der Waals surface area contributed by atoms with E-state index in [9.17, 15) is 0 Å². The molecule has 25 heavy (non-hydrogen) atoms. The van der Waals surface area contributed by atoms with Crippen molar-refractivity contribution >= 4 is 11.8 Å². The molecule has 2 unspecified atom stereocenters. The van der Waals surface area contributed by atoms with Gasteiger partial charge in [0.15, 0.2) is 0 Å². The van der Waals surface area contributed by atoms with E-state index >= 15 is 0 Å². The van der Waals surface area contributed by atoms with Crippen molar-refractivity contribution in [2.24, 2.45) is 5.92 Å². The molecule has 4 heteroatoms. The fourth-order valence-electron chi connectivity index (χ4n) is 4.40. The maximum Gasteiger partial charge on any atom is 0.0312 e. The zero-order valence-corrected chi connectivity index (χ0v) is 15.8. The maximum absolute atomic E-state index is 4.28. The first-order chi connectivity index (χ1) is 12.3. The lowest BCUT2D eigenvalue weighted by Gasteiger charge is -2.36. The van der Waals surface area contributed by atoms with Crippen LogP contribution < -0.4 is 0 Å². The van der Waals surface area contributed by atoms with E-state index < -0.39 is 0 Å². The Morgan fingerprint density at radius 3 is 2.80 bits per heavy atom. The molecule has 0 amide bonds. The third-order valence-corrected chi connectivity index (χ3v) is 6.44. The summed E-state index contributed by atoms with van der Waals surface area (Å²) in [6, 6.07) is 13.8. The Morgan fingerprint density at radius 1 is 1.04 bits per heavy atom. The number of nitrogens with zero attached hydrogens (tertiary/aromatic N) is 3. The quantitative estimate of drug-likeness (QED) is 0.759. The van der Waals surface area contributed by atoms with Gasteiger partial charge in [0.05, 0.1) is 0 Å². The van der Waals surface area contributed by atoms with Crippen molar-refractivity contribution in [1.29, 1.82) is 0 Å². The molecule has 2 aromatic rings. The number of aromatic nitrogens is 1. The highest BCUT2D eigenvalue weighted by Gasteiger charge is 2.34. The lowest BCUT2D eigenvalue weighted by atomic mass is 9.94. The third-order valence-electron chi connectivity index (χ3n) is 5.60. The van der Waals surface area contributed by atoms with Crippen LogP contribution in [0, 0.1) is 5.92 Å². The molecule has 3 aliphatic rings. The molecule has 0 spiro atoms. The Balaban J connectivity index is 1.46. The van der Waals surface area contributed by atoms with Gasteiger partial charge in [-0.2, -0.15) is 0 Å². The van der Waals surface area contributed by atoms with Crippen molar-refractivity contribution in [2.45, 2.75) is 36.9 Å². The number of fused-ring (bicyclic) bond motifs is 4. The molecule has 2 bridgehead atoms. The third kappa shape index (κ3) is 4.08. The number of piperidine rings is 1. The first kappa shape index (κ1) is 17.1. The zero-order chi connectivity index (χ0) is 17.1. The molecule has 3 aliphatic heterocycles. The first-order valence-corrected chi connectivity index (χ1v) is 10.5. The molecule has 0 radical (unpaired) electrons. The Bertz CT molecular complexity index is 691. The van der Waals surface area contributed by atoms with Gasteiger partial charge in [-0.1, -0.05) is 24.3 Å². The highest BCUT2D eigenvalue weighted by Crippen LogP contribution is 2.31. The van der Waals surface area contributed by atoms with Gasteiger partial charge in [-0.25, -0.2) is 0 Å². The second kappa shape index (κ2) is 7.90. The van der Waals surface area contributed by atoms with Crippen LogP contribution >= 0.6 is 11.8 Å².